The van der Waals surface area contributed by atoms with Crippen LogP contribution in [0.15, 0.2) is 54.2 Å². The van der Waals surface area contributed by atoms with Gasteiger partial charge in [0.1, 0.15) is 11.6 Å². The first-order valence-electron chi connectivity index (χ1n) is 8.88. The summed E-state index contributed by atoms with van der Waals surface area (Å²) in [6.45, 7) is 6.09. The summed E-state index contributed by atoms with van der Waals surface area (Å²) >= 11 is 0. The second-order valence-corrected chi connectivity index (χ2v) is 6.90. The summed E-state index contributed by atoms with van der Waals surface area (Å²) in [6, 6.07) is 15.6. The number of amides is 1. The van der Waals surface area contributed by atoms with E-state index in [0.29, 0.717) is 0 Å². The van der Waals surface area contributed by atoms with Crippen molar-refractivity contribution < 1.29 is 4.79 Å². The van der Waals surface area contributed by atoms with E-state index in [4.69, 9.17) is 0 Å². The second kappa shape index (κ2) is 8.91. The number of hydrogen-bond acceptors (Lipinski definition) is 4. The summed E-state index contributed by atoms with van der Waals surface area (Å²) in [5, 5.41) is 15.3. The van der Waals surface area contributed by atoms with Gasteiger partial charge in [-0.25, -0.2) is 0 Å². The number of anilines is 3. The van der Waals surface area contributed by atoms with E-state index in [1.807, 2.05) is 74.5 Å². The highest BCUT2D eigenvalue weighted by molar-refractivity contribution is 6.07. The average molecular weight is 362 g/mol. The predicted octanol–water partition coefficient (Wildman–Crippen LogP) is 4.64. The summed E-state index contributed by atoms with van der Waals surface area (Å²) in [5.41, 5.74) is 4.69. The maximum atomic E-state index is 12.6. The number of carbonyl (C=O) groups excluding carboxylic acids is 1. The molecule has 2 N–H and O–H groups in total. The maximum Gasteiger partial charge on any atom is 0.267 e. The van der Waals surface area contributed by atoms with E-state index in [1.54, 1.807) is 0 Å². The van der Waals surface area contributed by atoms with Crippen molar-refractivity contribution in [3.8, 4) is 6.07 Å². The van der Waals surface area contributed by atoms with E-state index in [1.165, 1.54) is 6.20 Å². The lowest BCUT2D eigenvalue weighted by molar-refractivity contribution is -0.112. The Hall–Kier alpha value is -3.26. The second-order valence-electron chi connectivity index (χ2n) is 6.90. The SMILES string of the molecule is Cc1cccc(C(C)C)c1NC(=O)/C(C#N)=C\Nc1ccc(N(C)C)cc1. The third kappa shape index (κ3) is 5.11. The molecule has 0 spiro atoms. The Morgan fingerprint density at radius 2 is 1.81 bits per heavy atom. The van der Waals surface area contributed by atoms with Gasteiger partial charge in [0.25, 0.3) is 5.91 Å². The number of hydrogen-bond donors (Lipinski definition) is 2. The largest absolute Gasteiger partial charge is 0.378 e. The molecule has 0 heterocycles. The molecule has 5 heteroatoms. The number of rotatable bonds is 6. The normalized spacial score (nSPS) is 11.1. The van der Waals surface area contributed by atoms with Crippen molar-refractivity contribution in [2.45, 2.75) is 26.7 Å². The van der Waals surface area contributed by atoms with Crippen molar-refractivity contribution in [3.05, 3.63) is 65.4 Å². The van der Waals surface area contributed by atoms with Crippen molar-refractivity contribution in [1.82, 2.24) is 0 Å². The summed E-state index contributed by atoms with van der Waals surface area (Å²) in [7, 11) is 3.94. The quantitative estimate of drug-likeness (QED) is 0.580. The lowest BCUT2D eigenvalue weighted by Gasteiger charge is -2.16. The van der Waals surface area contributed by atoms with Crippen LogP contribution in [0.25, 0.3) is 0 Å². The first kappa shape index (κ1) is 20.1. The summed E-state index contributed by atoms with van der Waals surface area (Å²) in [4.78, 5) is 14.6. The Bertz CT molecular complexity index is 874. The van der Waals surface area contributed by atoms with Crippen molar-refractivity contribution in [2.75, 3.05) is 29.6 Å². The Balaban J connectivity index is 2.17. The van der Waals surface area contributed by atoms with E-state index in [2.05, 4.69) is 24.5 Å². The van der Waals surface area contributed by atoms with Gasteiger partial charge in [0, 0.05) is 37.4 Å². The Morgan fingerprint density at radius 1 is 1.15 bits per heavy atom. The van der Waals surface area contributed by atoms with Crippen LogP contribution >= 0.6 is 0 Å². The zero-order valence-electron chi connectivity index (χ0n) is 16.5. The molecule has 0 aliphatic heterocycles. The minimum atomic E-state index is -0.425. The minimum Gasteiger partial charge on any atom is -0.378 e. The van der Waals surface area contributed by atoms with E-state index in [0.717, 1.165) is 28.2 Å². The first-order chi connectivity index (χ1) is 12.8. The number of carbonyl (C=O) groups is 1. The summed E-state index contributed by atoms with van der Waals surface area (Å²) < 4.78 is 0. The Labute approximate surface area is 161 Å². The fourth-order valence-corrected chi connectivity index (χ4v) is 2.68. The van der Waals surface area contributed by atoms with Gasteiger partial charge in [-0.3, -0.25) is 4.79 Å². The summed E-state index contributed by atoms with van der Waals surface area (Å²) in [6.07, 6.45) is 1.44. The number of nitriles is 1. The van der Waals surface area contributed by atoms with Crippen LogP contribution in [-0.4, -0.2) is 20.0 Å². The van der Waals surface area contributed by atoms with Gasteiger partial charge in [-0.2, -0.15) is 5.26 Å². The zero-order valence-corrected chi connectivity index (χ0v) is 16.5. The smallest absolute Gasteiger partial charge is 0.267 e. The van der Waals surface area contributed by atoms with Crippen LogP contribution in [-0.2, 0) is 4.79 Å². The van der Waals surface area contributed by atoms with Gasteiger partial charge in [-0.1, -0.05) is 32.0 Å². The number of para-hydroxylation sites is 1. The van der Waals surface area contributed by atoms with Crippen LogP contribution in [0.3, 0.4) is 0 Å². The van der Waals surface area contributed by atoms with E-state index < -0.39 is 5.91 Å². The molecule has 2 rings (SSSR count). The molecule has 27 heavy (non-hydrogen) atoms. The Kier molecular flexibility index (Phi) is 6.62. The Morgan fingerprint density at radius 3 is 2.37 bits per heavy atom. The molecule has 0 aliphatic rings. The fraction of sp³-hybridized carbons (Fsp3) is 0.273. The molecule has 0 aliphatic carbocycles. The van der Waals surface area contributed by atoms with Crippen LogP contribution in [0.4, 0.5) is 17.1 Å². The number of nitrogens with one attached hydrogen (secondary N) is 2. The van der Waals surface area contributed by atoms with Crippen molar-refractivity contribution in [1.29, 1.82) is 5.26 Å². The van der Waals surface area contributed by atoms with Gasteiger partial charge >= 0.3 is 0 Å². The predicted molar refractivity (Wildman–Crippen MR) is 112 cm³/mol. The van der Waals surface area contributed by atoms with Crippen molar-refractivity contribution >= 4 is 23.0 Å². The fourth-order valence-electron chi connectivity index (χ4n) is 2.68. The standard InChI is InChI=1S/C22H26N4O/c1-15(2)20-8-6-7-16(3)21(20)25-22(27)17(13-23)14-24-18-9-11-19(12-10-18)26(4)5/h6-12,14-15,24H,1-5H3,(H,25,27)/b17-14-. The highest BCUT2D eigenvalue weighted by Crippen LogP contribution is 2.27. The van der Waals surface area contributed by atoms with Crippen LogP contribution in [0, 0.1) is 18.3 Å². The first-order valence-corrected chi connectivity index (χ1v) is 8.88. The van der Waals surface area contributed by atoms with Gasteiger partial charge in [0.05, 0.1) is 0 Å². The van der Waals surface area contributed by atoms with E-state index in [9.17, 15) is 10.1 Å². The maximum absolute atomic E-state index is 12.6. The van der Waals surface area contributed by atoms with E-state index in [-0.39, 0.29) is 11.5 Å². The molecule has 5 nitrogen and oxygen atoms in total. The molecule has 2 aromatic carbocycles. The van der Waals surface area contributed by atoms with Crippen molar-refractivity contribution in [3.63, 3.8) is 0 Å². The molecule has 0 unspecified atom stereocenters. The minimum absolute atomic E-state index is 0.0182. The number of benzene rings is 2. The van der Waals surface area contributed by atoms with Crippen LogP contribution < -0.4 is 15.5 Å². The van der Waals surface area contributed by atoms with Gasteiger partial charge in [-0.15, -0.1) is 0 Å². The van der Waals surface area contributed by atoms with Crippen LogP contribution in [0.2, 0.25) is 0 Å². The molecule has 0 bridgehead atoms. The average Bonchev–Trinajstić information content (AvgIpc) is 2.64. The lowest BCUT2D eigenvalue weighted by Crippen LogP contribution is -2.17. The van der Waals surface area contributed by atoms with Crippen LogP contribution in [0.1, 0.15) is 30.9 Å². The monoisotopic (exact) mass is 362 g/mol. The lowest BCUT2D eigenvalue weighted by atomic mass is 9.98. The molecule has 2 aromatic rings. The summed E-state index contributed by atoms with van der Waals surface area (Å²) in [5.74, 6) is -0.158. The van der Waals surface area contributed by atoms with E-state index >= 15 is 0 Å². The van der Waals surface area contributed by atoms with Crippen LogP contribution in [0.5, 0.6) is 0 Å². The molecule has 1 amide bonds. The molecule has 140 valence electrons. The van der Waals surface area contributed by atoms with Gasteiger partial charge < -0.3 is 15.5 Å². The van der Waals surface area contributed by atoms with Gasteiger partial charge in [-0.05, 0) is 48.2 Å². The number of aryl methyl sites for hydroxylation is 1. The van der Waals surface area contributed by atoms with Crippen molar-refractivity contribution in [2.24, 2.45) is 0 Å². The van der Waals surface area contributed by atoms with Gasteiger partial charge in [0.15, 0.2) is 0 Å². The molecule has 0 saturated carbocycles. The third-order valence-corrected chi connectivity index (χ3v) is 4.30. The van der Waals surface area contributed by atoms with Gasteiger partial charge in [0.2, 0.25) is 0 Å². The molecule has 0 saturated heterocycles. The molecular weight excluding hydrogens is 336 g/mol. The highest BCUT2D eigenvalue weighted by atomic mass is 16.1. The molecule has 0 radical (unpaired) electrons. The number of nitrogens with zero attached hydrogens (tertiary/aromatic N) is 2. The molecule has 0 atom stereocenters. The highest BCUT2D eigenvalue weighted by Gasteiger charge is 2.15. The third-order valence-electron chi connectivity index (χ3n) is 4.30. The molecule has 0 aromatic heterocycles. The molecular formula is C22H26N4O. The topological polar surface area (TPSA) is 68.2 Å². The zero-order chi connectivity index (χ0) is 20.0. The molecule has 0 fully saturated rings.